The Kier molecular flexibility index (Phi) is 5.93. The number of carboxylic acids is 1. The maximum absolute atomic E-state index is 12.6. The Labute approximate surface area is 123 Å². The molecule has 7 heteroatoms. The molecule has 0 aliphatic rings. The highest BCUT2D eigenvalue weighted by Gasteiger charge is 2.25. The van der Waals surface area contributed by atoms with Gasteiger partial charge in [-0.15, -0.1) is 0 Å². The van der Waals surface area contributed by atoms with Crippen LogP contribution in [-0.4, -0.2) is 53.7 Å². The molecule has 1 aromatic heterocycles. The van der Waals surface area contributed by atoms with Gasteiger partial charge in [-0.2, -0.15) is 5.26 Å². The van der Waals surface area contributed by atoms with Crippen LogP contribution in [0.1, 0.15) is 38.5 Å². The first-order chi connectivity index (χ1) is 9.93. The second kappa shape index (κ2) is 7.45. The predicted molar refractivity (Wildman–Crippen MR) is 75.2 cm³/mol. The van der Waals surface area contributed by atoms with Crippen LogP contribution in [0, 0.1) is 25.2 Å². The Morgan fingerprint density at radius 3 is 2.52 bits per heavy atom. The van der Waals surface area contributed by atoms with Gasteiger partial charge in [0, 0.05) is 25.9 Å². The number of hydrogen-bond donors (Lipinski definition) is 2. The number of nitrogens with one attached hydrogen (secondary N) is 1. The Morgan fingerprint density at radius 2 is 2.05 bits per heavy atom. The van der Waals surface area contributed by atoms with Crippen molar-refractivity contribution in [3.8, 4) is 6.07 Å². The standard InChI is InChI=1S/C14H19N3O4/c1-9-11(10(2)16-12(9)14(19)20)13(18)17(6-4-5-15)7-8-21-3/h16H,4,6-8H2,1-3H3,(H,19,20). The highest BCUT2D eigenvalue weighted by Crippen LogP contribution is 2.20. The first-order valence-electron chi connectivity index (χ1n) is 6.51. The molecule has 114 valence electrons. The van der Waals surface area contributed by atoms with Crippen LogP contribution in [0.15, 0.2) is 0 Å². The van der Waals surface area contributed by atoms with E-state index < -0.39 is 5.97 Å². The van der Waals surface area contributed by atoms with Crippen LogP contribution in [-0.2, 0) is 4.74 Å². The van der Waals surface area contributed by atoms with Crippen molar-refractivity contribution < 1.29 is 19.4 Å². The number of aromatic carboxylic acids is 1. The van der Waals surface area contributed by atoms with Crippen molar-refractivity contribution in [2.45, 2.75) is 20.3 Å². The molecule has 0 atom stereocenters. The topological polar surface area (TPSA) is 106 Å². The number of hydrogen-bond acceptors (Lipinski definition) is 4. The fraction of sp³-hybridized carbons (Fsp3) is 0.500. The Bertz CT molecular complexity index is 572. The first-order valence-corrected chi connectivity index (χ1v) is 6.51. The van der Waals surface area contributed by atoms with Gasteiger partial charge in [0.05, 0.1) is 24.7 Å². The maximum atomic E-state index is 12.6. The van der Waals surface area contributed by atoms with Gasteiger partial charge in [-0.1, -0.05) is 0 Å². The quantitative estimate of drug-likeness (QED) is 0.788. The third kappa shape index (κ3) is 3.83. The van der Waals surface area contributed by atoms with Crippen LogP contribution in [0.5, 0.6) is 0 Å². The summed E-state index contributed by atoms with van der Waals surface area (Å²) in [6.07, 6.45) is 0.212. The molecule has 0 aliphatic carbocycles. The van der Waals surface area contributed by atoms with E-state index in [1.807, 2.05) is 6.07 Å². The van der Waals surface area contributed by atoms with Crippen molar-refractivity contribution in [1.82, 2.24) is 9.88 Å². The zero-order valence-corrected chi connectivity index (χ0v) is 12.4. The lowest BCUT2D eigenvalue weighted by Gasteiger charge is -2.21. The molecule has 2 N–H and O–H groups in total. The van der Waals surface area contributed by atoms with Crippen molar-refractivity contribution in [3.05, 3.63) is 22.5 Å². The number of rotatable bonds is 7. The molecule has 0 saturated carbocycles. The van der Waals surface area contributed by atoms with E-state index in [1.54, 1.807) is 13.8 Å². The molecule has 1 heterocycles. The van der Waals surface area contributed by atoms with Gasteiger partial charge in [0.15, 0.2) is 0 Å². The summed E-state index contributed by atoms with van der Waals surface area (Å²) in [6.45, 7) is 4.24. The summed E-state index contributed by atoms with van der Waals surface area (Å²) in [4.78, 5) is 27.9. The number of carbonyl (C=O) groups is 2. The van der Waals surface area contributed by atoms with E-state index in [0.29, 0.717) is 30.0 Å². The van der Waals surface area contributed by atoms with E-state index in [2.05, 4.69) is 4.98 Å². The number of carboxylic acid groups (broad SMARTS) is 1. The molecule has 0 spiro atoms. The normalized spacial score (nSPS) is 10.2. The smallest absolute Gasteiger partial charge is 0.352 e. The Balaban J connectivity index is 3.08. The van der Waals surface area contributed by atoms with Crippen molar-refractivity contribution >= 4 is 11.9 Å². The summed E-state index contributed by atoms with van der Waals surface area (Å²) in [5.41, 5.74) is 1.28. The summed E-state index contributed by atoms with van der Waals surface area (Å²) in [6, 6.07) is 2.00. The van der Waals surface area contributed by atoms with Gasteiger partial charge in [0.1, 0.15) is 5.69 Å². The van der Waals surface area contributed by atoms with E-state index >= 15 is 0 Å². The maximum Gasteiger partial charge on any atom is 0.352 e. The third-order valence-electron chi connectivity index (χ3n) is 3.21. The number of nitrogens with zero attached hydrogens (tertiary/aromatic N) is 2. The summed E-state index contributed by atoms with van der Waals surface area (Å²) in [5.74, 6) is -1.39. The minimum absolute atomic E-state index is 0.0165. The number of amides is 1. The minimum Gasteiger partial charge on any atom is -0.477 e. The van der Waals surface area contributed by atoms with Crippen LogP contribution in [0.2, 0.25) is 0 Å². The lowest BCUT2D eigenvalue weighted by atomic mass is 10.1. The van der Waals surface area contributed by atoms with Crippen LogP contribution < -0.4 is 0 Å². The molecule has 0 saturated heterocycles. The molecule has 0 aromatic carbocycles. The lowest BCUT2D eigenvalue weighted by molar-refractivity contribution is 0.0689. The number of carbonyl (C=O) groups excluding carboxylic acids is 1. The zero-order valence-electron chi connectivity index (χ0n) is 12.4. The van der Waals surface area contributed by atoms with Gasteiger partial charge >= 0.3 is 5.97 Å². The van der Waals surface area contributed by atoms with Crippen LogP contribution in [0.25, 0.3) is 0 Å². The Hall–Kier alpha value is -2.33. The molecule has 1 rings (SSSR count). The molecule has 21 heavy (non-hydrogen) atoms. The number of aryl methyl sites for hydroxylation is 1. The fourth-order valence-electron chi connectivity index (χ4n) is 2.14. The highest BCUT2D eigenvalue weighted by molar-refractivity contribution is 6.00. The van der Waals surface area contributed by atoms with E-state index in [0.717, 1.165) is 0 Å². The van der Waals surface area contributed by atoms with Gasteiger partial charge in [-0.25, -0.2) is 4.79 Å². The first kappa shape index (κ1) is 16.7. The van der Waals surface area contributed by atoms with Gasteiger partial charge in [-0.3, -0.25) is 4.79 Å². The summed E-state index contributed by atoms with van der Waals surface area (Å²) in [7, 11) is 1.53. The predicted octanol–water partition coefficient (Wildman–Crippen LogP) is 1.33. The molecule has 7 nitrogen and oxygen atoms in total. The summed E-state index contributed by atoms with van der Waals surface area (Å²) < 4.78 is 4.96. The molecular weight excluding hydrogens is 274 g/mol. The molecule has 0 aliphatic heterocycles. The zero-order chi connectivity index (χ0) is 16.0. The molecule has 1 amide bonds. The second-order valence-corrected chi connectivity index (χ2v) is 4.62. The monoisotopic (exact) mass is 293 g/mol. The van der Waals surface area contributed by atoms with Crippen LogP contribution in [0.3, 0.4) is 0 Å². The van der Waals surface area contributed by atoms with Gasteiger partial charge in [-0.05, 0) is 19.4 Å². The number of H-pyrrole nitrogens is 1. The van der Waals surface area contributed by atoms with Gasteiger partial charge in [0.2, 0.25) is 0 Å². The average molecular weight is 293 g/mol. The number of methoxy groups -OCH3 is 1. The Morgan fingerprint density at radius 1 is 1.38 bits per heavy atom. The summed E-state index contributed by atoms with van der Waals surface area (Å²) >= 11 is 0. The van der Waals surface area contributed by atoms with Crippen LogP contribution in [0.4, 0.5) is 0 Å². The average Bonchev–Trinajstić information content (AvgIpc) is 2.73. The van der Waals surface area contributed by atoms with Crippen molar-refractivity contribution in [3.63, 3.8) is 0 Å². The van der Waals surface area contributed by atoms with E-state index in [4.69, 9.17) is 15.1 Å². The highest BCUT2D eigenvalue weighted by atomic mass is 16.5. The molecule has 1 aromatic rings. The largest absolute Gasteiger partial charge is 0.477 e. The lowest BCUT2D eigenvalue weighted by Crippen LogP contribution is -2.35. The molecule has 0 fully saturated rings. The van der Waals surface area contributed by atoms with E-state index in [9.17, 15) is 9.59 Å². The van der Waals surface area contributed by atoms with Crippen molar-refractivity contribution in [2.75, 3.05) is 26.8 Å². The number of aromatic amines is 1. The fourth-order valence-corrected chi connectivity index (χ4v) is 2.14. The second-order valence-electron chi connectivity index (χ2n) is 4.62. The van der Waals surface area contributed by atoms with Gasteiger partial charge < -0.3 is 19.7 Å². The summed E-state index contributed by atoms with van der Waals surface area (Å²) in [5, 5.41) is 17.8. The van der Waals surface area contributed by atoms with E-state index in [1.165, 1.54) is 12.0 Å². The van der Waals surface area contributed by atoms with Crippen molar-refractivity contribution in [1.29, 1.82) is 5.26 Å². The molecular formula is C14H19N3O4. The molecule has 0 radical (unpaired) electrons. The SMILES string of the molecule is COCCN(CCC#N)C(=O)c1c(C)[nH]c(C(=O)O)c1C. The number of aromatic nitrogens is 1. The van der Waals surface area contributed by atoms with Crippen molar-refractivity contribution in [2.24, 2.45) is 0 Å². The number of ether oxygens (including phenoxy) is 1. The van der Waals surface area contributed by atoms with Crippen LogP contribution >= 0.6 is 0 Å². The van der Waals surface area contributed by atoms with E-state index in [-0.39, 0.29) is 24.6 Å². The van der Waals surface area contributed by atoms with Gasteiger partial charge in [0.25, 0.3) is 5.91 Å². The number of nitriles is 1. The third-order valence-corrected chi connectivity index (χ3v) is 3.21. The minimum atomic E-state index is -1.10. The molecule has 0 bridgehead atoms. The molecule has 0 unspecified atom stereocenters.